The largest absolute Gasteiger partial charge is 0.325 e. The van der Waals surface area contributed by atoms with Crippen LogP contribution in [0.3, 0.4) is 0 Å². The Bertz CT molecular complexity index is 350. The Hall–Kier alpha value is -0.900. The normalized spacial score (nSPS) is 19.9. The first-order valence-electron chi connectivity index (χ1n) is 6.31. The van der Waals surface area contributed by atoms with E-state index in [9.17, 15) is 0 Å². The number of aromatic nitrogens is 3. The van der Waals surface area contributed by atoms with Crippen LogP contribution in [0.15, 0.2) is 0 Å². The number of aryl methyl sites for hydroxylation is 2. The second-order valence-corrected chi connectivity index (χ2v) is 5.02. The quantitative estimate of drug-likeness (QED) is 0.844. The summed E-state index contributed by atoms with van der Waals surface area (Å²) in [6.45, 7) is 2.08. The van der Waals surface area contributed by atoms with Crippen molar-refractivity contribution in [2.24, 2.45) is 12.8 Å². The summed E-state index contributed by atoms with van der Waals surface area (Å²) in [4.78, 5) is 4.54. The Kier molecular flexibility index (Phi) is 3.28. The van der Waals surface area contributed by atoms with E-state index in [0.29, 0.717) is 0 Å². The molecule has 2 rings (SSSR count). The monoisotopic (exact) mass is 222 g/mol. The number of rotatable bonds is 3. The summed E-state index contributed by atoms with van der Waals surface area (Å²) in [6, 6.07) is 0. The van der Waals surface area contributed by atoms with E-state index in [0.717, 1.165) is 37.3 Å². The molecule has 1 aromatic heterocycles. The zero-order valence-corrected chi connectivity index (χ0v) is 10.4. The van der Waals surface area contributed by atoms with Gasteiger partial charge in [-0.3, -0.25) is 4.68 Å². The van der Waals surface area contributed by atoms with Crippen LogP contribution in [0.4, 0.5) is 0 Å². The molecule has 0 amide bonds. The van der Waals surface area contributed by atoms with Crippen molar-refractivity contribution >= 4 is 0 Å². The summed E-state index contributed by atoms with van der Waals surface area (Å²) in [5.41, 5.74) is 6.39. The predicted molar refractivity (Wildman–Crippen MR) is 64.1 cm³/mol. The molecule has 1 aliphatic carbocycles. The van der Waals surface area contributed by atoms with Crippen molar-refractivity contribution in [3.63, 3.8) is 0 Å². The number of nitrogens with two attached hydrogens (primary N) is 1. The number of hydrogen-bond donors (Lipinski definition) is 1. The van der Waals surface area contributed by atoms with Gasteiger partial charge in [0.15, 0.2) is 5.82 Å². The van der Waals surface area contributed by atoms with Crippen LogP contribution in [0.5, 0.6) is 0 Å². The van der Waals surface area contributed by atoms with Crippen molar-refractivity contribution in [1.29, 1.82) is 0 Å². The van der Waals surface area contributed by atoms with Crippen LogP contribution in [-0.2, 0) is 19.9 Å². The van der Waals surface area contributed by atoms with E-state index in [1.807, 2.05) is 11.7 Å². The average molecular weight is 222 g/mol. The maximum Gasteiger partial charge on any atom is 0.150 e. The van der Waals surface area contributed by atoms with Crippen molar-refractivity contribution in [2.45, 2.75) is 57.4 Å². The molecular formula is C12H22N4. The van der Waals surface area contributed by atoms with E-state index in [1.165, 1.54) is 19.3 Å². The molecule has 4 nitrogen and oxygen atoms in total. The first-order valence-corrected chi connectivity index (χ1v) is 6.31. The molecule has 1 aromatic rings. The number of nitrogens with zero attached hydrogens (tertiary/aromatic N) is 3. The molecule has 4 heteroatoms. The minimum absolute atomic E-state index is 0.0376. The van der Waals surface area contributed by atoms with Gasteiger partial charge in [0.2, 0.25) is 0 Å². The van der Waals surface area contributed by atoms with Crippen LogP contribution >= 0.6 is 0 Å². The zero-order chi connectivity index (χ0) is 11.6. The van der Waals surface area contributed by atoms with E-state index < -0.39 is 0 Å². The first-order chi connectivity index (χ1) is 7.63. The van der Waals surface area contributed by atoms with Crippen molar-refractivity contribution < 1.29 is 0 Å². The Morgan fingerprint density at radius 1 is 1.31 bits per heavy atom. The van der Waals surface area contributed by atoms with Gasteiger partial charge in [-0.25, -0.2) is 4.98 Å². The van der Waals surface area contributed by atoms with Crippen LogP contribution in [0, 0.1) is 0 Å². The lowest BCUT2D eigenvalue weighted by Crippen LogP contribution is -2.44. The molecule has 0 aliphatic heterocycles. The Morgan fingerprint density at radius 3 is 2.56 bits per heavy atom. The van der Waals surface area contributed by atoms with Crippen LogP contribution < -0.4 is 5.73 Å². The average Bonchev–Trinajstić information content (AvgIpc) is 2.60. The Morgan fingerprint density at radius 2 is 2.00 bits per heavy atom. The van der Waals surface area contributed by atoms with Crippen LogP contribution in [0.1, 0.15) is 50.7 Å². The molecule has 2 N–H and O–H groups in total. The second kappa shape index (κ2) is 4.53. The molecule has 90 valence electrons. The molecule has 0 unspecified atom stereocenters. The maximum absolute atomic E-state index is 6.43. The summed E-state index contributed by atoms with van der Waals surface area (Å²) in [6.07, 6.45) is 7.87. The van der Waals surface area contributed by atoms with Gasteiger partial charge in [0.25, 0.3) is 0 Å². The highest BCUT2D eigenvalue weighted by molar-refractivity contribution is 5.01. The van der Waals surface area contributed by atoms with E-state index >= 15 is 0 Å². The first kappa shape index (κ1) is 11.6. The van der Waals surface area contributed by atoms with Crippen LogP contribution in [0.2, 0.25) is 0 Å². The van der Waals surface area contributed by atoms with E-state index in [4.69, 9.17) is 5.73 Å². The molecule has 0 bridgehead atoms. The topological polar surface area (TPSA) is 56.7 Å². The predicted octanol–water partition coefficient (Wildman–Crippen LogP) is 1.58. The van der Waals surface area contributed by atoms with E-state index in [-0.39, 0.29) is 5.54 Å². The Balaban J connectivity index is 2.09. The molecule has 16 heavy (non-hydrogen) atoms. The maximum atomic E-state index is 6.43. The summed E-state index contributed by atoms with van der Waals surface area (Å²) < 4.78 is 1.89. The molecule has 1 fully saturated rings. The smallest absolute Gasteiger partial charge is 0.150 e. The van der Waals surface area contributed by atoms with Crippen molar-refractivity contribution in [3.05, 3.63) is 11.6 Å². The van der Waals surface area contributed by atoms with Gasteiger partial charge >= 0.3 is 0 Å². The van der Waals surface area contributed by atoms with Gasteiger partial charge < -0.3 is 5.73 Å². The summed E-state index contributed by atoms with van der Waals surface area (Å²) in [5, 5.41) is 4.38. The van der Waals surface area contributed by atoms with E-state index in [1.54, 1.807) is 0 Å². The third-order valence-electron chi connectivity index (χ3n) is 3.57. The third kappa shape index (κ3) is 2.43. The SMILES string of the molecule is CCc1nc(CC2(N)CCCCC2)n(C)n1. The lowest BCUT2D eigenvalue weighted by molar-refractivity contribution is 0.287. The number of hydrogen-bond acceptors (Lipinski definition) is 3. The van der Waals surface area contributed by atoms with E-state index in [2.05, 4.69) is 17.0 Å². The standard InChI is InChI=1S/C12H22N4/c1-3-10-14-11(16(2)15-10)9-12(13)7-5-4-6-8-12/h3-9,13H2,1-2H3. The molecule has 0 radical (unpaired) electrons. The highest BCUT2D eigenvalue weighted by Crippen LogP contribution is 2.28. The highest BCUT2D eigenvalue weighted by atomic mass is 15.3. The highest BCUT2D eigenvalue weighted by Gasteiger charge is 2.29. The van der Waals surface area contributed by atoms with Gasteiger partial charge in [-0.15, -0.1) is 0 Å². The Labute approximate surface area is 97.2 Å². The van der Waals surface area contributed by atoms with Gasteiger partial charge in [-0.1, -0.05) is 26.2 Å². The second-order valence-electron chi connectivity index (χ2n) is 5.02. The van der Waals surface area contributed by atoms with Gasteiger partial charge in [-0.2, -0.15) is 5.10 Å². The molecule has 1 aliphatic rings. The van der Waals surface area contributed by atoms with Crippen LogP contribution in [0.25, 0.3) is 0 Å². The molecule has 0 aromatic carbocycles. The molecule has 1 saturated carbocycles. The van der Waals surface area contributed by atoms with Crippen molar-refractivity contribution in [2.75, 3.05) is 0 Å². The van der Waals surface area contributed by atoms with Crippen LogP contribution in [-0.4, -0.2) is 20.3 Å². The summed E-state index contributed by atoms with van der Waals surface area (Å²) >= 11 is 0. The van der Waals surface area contributed by atoms with Crippen molar-refractivity contribution in [3.8, 4) is 0 Å². The summed E-state index contributed by atoms with van der Waals surface area (Å²) in [7, 11) is 1.97. The third-order valence-corrected chi connectivity index (χ3v) is 3.57. The lowest BCUT2D eigenvalue weighted by Gasteiger charge is -2.32. The minimum atomic E-state index is -0.0376. The fraction of sp³-hybridized carbons (Fsp3) is 0.833. The van der Waals surface area contributed by atoms with Gasteiger partial charge in [-0.05, 0) is 12.8 Å². The molecule has 0 spiro atoms. The molecule has 0 atom stereocenters. The lowest BCUT2D eigenvalue weighted by atomic mass is 9.80. The van der Waals surface area contributed by atoms with Gasteiger partial charge in [0.1, 0.15) is 5.82 Å². The molecule has 1 heterocycles. The fourth-order valence-corrected chi connectivity index (χ4v) is 2.53. The minimum Gasteiger partial charge on any atom is -0.325 e. The fourth-order valence-electron chi connectivity index (χ4n) is 2.53. The van der Waals surface area contributed by atoms with Gasteiger partial charge in [0.05, 0.1) is 0 Å². The van der Waals surface area contributed by atoms with Crippen molar-refractivity contribution in [1.82, 2.24) is 14.8 Å². The molecular weight excluding hydrogens is 200 g/mol. The summed E-state index contributed by atoms with van der Waals surface area (Å²) in [5.74, 6) is 1.97. The molecule has 0 saturated heterocycles. The zero-order valence-electron chi connectivity index (χ0n) is 10.4. The van der Waals surface area contributed by atoms with Gasteiger partial charge in [0, 0.05) is 25.4 Å².